The average molecular weight is 609 g/mol. The van der Waals surface area contributed by atoms with E-state index in [1.54, 1.807) is 28.8 Å². The van der Waals surface area contributed by atoms with Crippen LogP contribution in [-0.2, 0) is 10.5 Å². The normalized spacial score (nSPS) is 17.8. The minimum atomic E-state index is -0.684. The number of nitrogens with zero attached hydrogens (tertiary/aromatic N) is 3. The first-order valence-corrected chi connectivity index (χ1v) is 15.4. The standard InChI is InChI=1S/C35H36N4O4S/c1-20-7-10-25(11-8-20)44-19-23-14-26(22(3)13-21(23)2)32-27(18-36)34(37)38(30-16-35(4,5)17-31(40)33(30)32)28-12-9-24(43-6)15-29(28)39(41)42/h7-15,32H,16-17,19,37H2,1-6H3. The Hall–Kier alpha value is -4.55. The molecular formula is C35H36N4O4S. The molecular weight excluding hydrogens is 572 g/mol. The van der Waals surface area contributed by atoms with Crippen molar-refractivity contribution < 1.29 is 14.5 Å². The Balaban J connectivity index is 1.70. The van der Waals surface area contributed by atoms with Gasteiger partial charge in [0.1, 0.15) is 17.3 Å². The number of hydrogen-bond donors (Lipinski definition) is 1. The Kier molecular flexibility index (Phi) is 8.32. The van der Waals surface area contributed by atoms with Gasteiger partial charge in [0.2, 0.25) is 0 Å². The molecule has 0 fully saturated rings. The predicted molar refractivity (Wildman–Crippen MR) is 173 cm³/mol. The zero-order chi connectivity index (χ0) is 31.9. The molecule has 3 aromatic rings. The number of hydrogen-bond acceptors (Lipinski definition) is 8. The fraction of sp³-hybridized carbons (Fsp3) is 0.314. The van der Waals surface area contributed by atoms with E-state index >= 15 is 0 Å². The predicted octanol–water partition coefficient (Wildman–Crippen LogP) is 7.76. The topological polar surface area (TPSA) is 122 Å². The van der Waals surface area contributed by atoms with E-state index in [1.165, 1.54) is 18.7 Å². The molecule has 1 aliphatic heterocycles. The monoisotopic (exact) mass is 608 g/mol. The van der Waals surface area contributed by atoms with Crippen LogP contribution >= 0.6 is 11.8 Å². The largest absolute Gasteiger partial charge is 0.496 e. The number of anilines is 1. The van der Waals surface area contributed by atoms with Crippen molar-refractivity contribution in [3.05, 3.63) is 115 Å². The van der Waals surface area contributed by atoms with Gasteiger partial charge in [-0.15, -0.1) is 11.8 Å². The van der Waals surface area contributed by atoms with Crippen molar-refractivity contribution >= 4 is 28.9 Å². The van der Waals surface area contributed by atoms with E-state index in [4.69, 9.17) is 10.5 Å². The highest BCUT2D eigenvalue weighted by Crippen LogP contribution is 2.52. The van der Waals surface area contributed by atoms with E-state index in [0.717, 1.165) is 27.1 Å². The van der Waals surface area contributed by atoms with Gasteiger partial charge in [-0.3, -0.25) is 19.8 Å². The summed E-state index contributed by atoms with van der Waals surface area (Å²) in [6.07, 6.45) is 0.745. The Morgan fingerprint density at radius 3 is 2.43 bits per heavy atom. The summed E-state index contributed by atoms with van der Waals surface area (Å²) in [5.74, 6) is 0.353. The number of nitrogens with two attached hydrogens (primary N) is 1. The van der Waals surface area contributed by atoms with Crippen molar-refractivity contribution in [2.45, 2.75) is 64.0 Å². The molecule has 5 rings (SSSR count). The van der Waals surface area contributed by atoms with Crippen LogP contribution in [0.2, 0.25) is 0 Å². The number of methoxy groups -OCH3 is 1. The molecule has 0 aromatic heterocycles. The molecule has 0 saturated carbocycles. The SMILES string of the molecule is COc1ccc(N2C(N)=C(C#N)C(c3cc(CSc4ccc(C)cc4)c(C)cc3C)C3=C2CC(C)(C)CC3=O)c([N+](=O)[O-])c1. The summed E-state index contributed by atoms with van der Waals surface area (Å²) in [4.78, 5) is 28.5. The van der Waals surface area contributed by atoms with E-state index in [-0.39, 0.29) is 28.6 Å². The highest BCUT2D eigenvalue weighted by atomic mass is 32.2. The number of benzene rings is 3. The summed E-state index contributed by atoms with van der Waals surface area (Å²) in [6.45, 7) is 10.1. The molecule has 2 N–H and O–H groups in total. The first-order valence-electron chi connectivity index (χ1n) is 14.4. The number of carbonyl (C=O) groups excluding carboxylic acids is 1. The van der Waals surface area contributed by atoms with Crippen LogP contribution in [-0.4, -0.2) is 17.8 Å². The average Bonchev–Trinajstić information content (AvgIpc) is 2.96. The Bertz CT molecular complexity index is 1780. The number of carbonyl (C=O) groups is 1. The van der Waals surface area contributed by atoms with Gasteiger partial charge in [0.05, 0.1) is 35.7 Å². The zero-order valence-electron chi connectivity index (χ0n) is 25.9. The van der Waals surface area contributed by atoms with Gasteiger partial charge in [0.25, 0.3) is 5.69 Å². The summed E-state index contributed by atoms with van der Waals surface area (Å²) in [7, 11) is 1.44. The molecule has 0 saturated heterocycles. The lowest BCUT2D eigenvalue weighted by atomic mass is 9.68. The molecule has 0 amide bonds. The highest BCUT2D eigenvalue weighted by Gasteiger charge is 2.46. The van der Waals surface area contributed by atoms with E-state index < -0.39 is 16.3 Å². The van der Waals surface area contributed by atoms with Gasteiger partial charge in [0.15, 0.2) is 5.78 Å². The smallest absolute Gasteiger partial charge is 0.296 e. The Morgan fingerprint density at radius 2 is 1.80 bits per heavy atom. The van der Waals surface area contributed by atoms with Gasteiger partial charge in [0, 0.05) is 28.3 Å². The van der Waals surface area contributed by atoms with Crippen molar-refractivity contribution in [2.24, 2.45) is 11.1 Å². The molecule has 0 radical (unpaired) electrons. The number of allylic oxidation sites excluding steroid dienone is 3. The van der Waals surface area contributed by atoms with E-state index in [1.807, 2.05) is 20.8 Å². The van der Waals surface area contributed by atoms with Crippen molar-refractivity contribution in [1.82, 2.24) is 0 Å². The van der Waals surface area contributed by atoms with Crippen LogP contribution in [0.15, 0.2) is 82.2 Å². The van der Waals surface area contributed by atoms with Crippen LogP contribution < -0.4 is 15.4 Å². The van der Waals surface area contributed by atoms with Crippen LogP contribution in [0.3, 0.4) is 0 Å². The number of ketones is 1. The van der Waals surface area contributed by atoms with Crippen LogP contribution in [0.25, 0.3) is 0 Å². The number of rotatable bonds is 7. The first kappa shape index (κ1) is 30.9. The fourth-order valence-electron chi connectivity index (χ4n) is 6.24. The van der Waals surface area contributed by atoms with Crippen molar-refractivity contribution in [1.29, 1.82) is 5.26 Å². The number of aryl methyl sites for hydroxylation is 3. The van der Waals surface area contributed by atoms with Gasteiger partial charge in [-0.05, 0) is 79.1 Å². The Morgan fingerprint density at radius 1 is 1.09 bits per heavy atom. The number of nitro benzene ring substituents is 1. The second kappa shape index (κ2) is 11.9. The highest BCUT2D eigenvalue weighted by molar-refractivity contribution is 7.98. The van der Waals surface area contributed by atoms with Crippen LogP contribution in [0.5, 0.6) is 5.75 Å². The molecule has 1 atom stereocenters. The molecule has 0 spiro atoms. The summed E-state index contributed by atoms with van der Waals surface area (Å²) in [6, 6.07) is 19.4. The maximum Gasteiger partial charge on any atom is 0.296 e. The third-order valence-electron chi connectivity index (χ3n) is 8.45. The van der Waals surface area contributed by atoms with Gasteiger partial charge >= 0.3 is 0 Å². The molecule has 1 heterocycles. The minimum Gasteiger partial charge on any atom is -0.496 e. The fourth-order valence-corrected chi connectivity index (χ4v) is 7.20. The second-order valence-electron chi connectivity index (χ2n) is 12.3. The summed E-state index contributed by atoms with van der Waals surface area (Å²) in [5, 5.41) is 22.8. The number of Topliss-reactive ketones (excluding diaryl/α,β-unsaturated/α-hetero) is 1. The molecule has 0 bridgehead atoms. The third kappa shape index (κ3) is 5.70. The summed E-state index contributed by atoms with van der Waals surface area (Å²) >= 11 is 1.73. The molecule has 8 nitrogen and oxygen atoms in total. The Labute approximate surface area is 262 Å². The third-order valence-corrected chi connectivity index (χ3v) is 9.51. The van der Waals surface area contributed by atoms with E-state index in [2.05, 4.69) is 56.3 Å². The number of thioether (sulfide) groups is 1. The molecule has 44 heavy (non-hydrogen) atoms. The maximum atomic E-state index is 14.1. The maximum absolute atomic E-state index is 14.1. The molecule has 9 heteroatoms. The second-order valence-corrected chi connectivity index (χ2v) is 13.4. The van der Waals surface area contributed by atoms with Gasteiger partial charge in [-0.25, -0.2) is 0 Å². The summed E-state index contributed by atoms with van der Waals surface area (Å²) in [5.41, 5.74) is 12.9. The lowest BCUT2D eigenvalue weighted by Gasteiger charge is -2.43. The van der Waals surface area contributed by atoms with Crippen LogP contribution in [0.4, 0.5) is 11.4 Å². The van der Waals surface area contributed by atoms with Crippen molar-refractivity contribution in [3.8, 4) is 11.8 Å². The lowest BCUT2D eigenvalue weighted by Crippen LogP contribution is -2.42. The quantitative estimate of drug-likeness (QED) is 0.164. The number of nitriles is 1. The van der Waals surface area contributed by atoms with Crippen LogP contribution in [0.1, 0.15) is 60.4 Å². The van der Waals surface area contributed by atoms with Crippen molar-refractivity contribution in [2.75, 3.05) is 12.0 Å². The zero-order valence-corrected chi connectivity index (χ0v) is 26.7. The molecule has 1 unspecified atom stereocenters. The van der Waals surface area contributed by atoms with Gasteiger partial charge in [-0.1, -0.05) is 43.7 Å². The van der Waals surface area contributed by atoms with Gasteiger partial charge < -0.3 is 10.5 Å². The number of nitro groups is 1. The van der Waals surface area contributed by atoms with E-state index in [9.17, 15) is 20.2 Å². The van der Waals surface area contributed by atoms with Gasteiger partial charge in [-0.2, -0.15) is 5.26 Å². The number of ether oxygens (including phenoxy) is 1. The van der Waals surface area contributed by atoms with Crippen molar-refractivity contribution in [3.63, 3.8) is 0 Å². The summed E-state index contributed by atoms with van der Waals surface area (Å²) < 4.78 is 5.25. The molecule has 1 aliphatic carbocycles. The molecule has 3 aromatic carbocycles. The lowest BCUT2D eigenvalue weighted by molar-refractivity contribution is -0.384. The first-order chi connectivity index (χ1) is 20.8. The van der Waals surface area contributed by atoms with E-state index in [0.29, 0.717) is 35.6 Å². The van der Waals surface area contributed by atoms with Crippen LogP contribution in [0, 0.1) is 47.6 Å². The molecule has 2 aliphatic rings. The molecule has 226 valence electrons. The minimum absolute atomic E-state index is 0.0850.